The van der Waals surface area contributed by atoms with Gasteiger partial charge in [0.25, 0.3) is 5.91 Å². The third kappa shape index (κ3) is 2.86. The lowest BCUT2D eigenvalue weighted by Crippen LogP contribution is -2.53. The van der Waals surface area contributed by atoms with E-state index in [9.17, 15) is 4.79 Å². The molecule has 17 heavy (non-hydrogen) atoms. The Morgan fingerprint density at radius 2 is 2.35 bits per heavy atom. The average molecular weight is 319 g/mol. The largest absolute Gasteiger partial charge is 0.381 e. The second-order valence-corrected chi connectivity index (χ2v) is 5.66. The van der Waals surface area contributed by atoms with Crippen molar-refractivity contribution >= 4 is 33.2 Å². The number of hydrogen-bond acceptors (Lipinski definition) is 4. The molecular weight excluding hydrogens is 304 g/mol. The van der Waals surface area contributed by atoms with Crippen LogP contribution in [0.5, 0.6) is 0 Å². The van der Waals surface area contributed by atoms with Gasteiger partial charge < -0.3 is 10.1 Å². The number of alkyl halides is 1. The lowest BCUT2D eigenvalue weighted by atomic mass is 9.92. The second kappa shape index (κ2) is 5.46. The SMILES string of the molecule is Cc1ncsc1C(=O)NC1(CBr)CCOCC1. The standard InChI is InChI=1S/C11H15BrN2O2S/c1-8-9(17-7-13-8)10(15)14-11(6-12)2-4-16-5-3-11/h7H,2-6H2,1H3,(H,14,15). The van der Waals surface area contributed by atoms with Gasteiger partial charge in [-0.05, 0) is 19.8 Å². The monoisotopic (exact) mass is 318 g/mol. The fraction of sp³-hybridized carbons (Fsp3) is 0.636. The molecule has 0 radical (unpaired) electrons. The minimum atomic E-state index is -0.175. The quantitative estimate of drug-likeness (QED) is 0.869. The van der Waals surface area contributed by atoms with Crippen LogP contribution in [0.3, 0.4) is 0 Å². The van der Waals surface area contributed by atoms with Gasteiger partial charge >= 0.3 is 0 Å². The van der Waals surface area contributed by atoms with E-state index in [0.29, 0.717) is 18.1 Å². The zero-order valence-corrected chi connectivity index (χ0v) is 12.1. The van der Waals surface area contributed by atoms with Crippen molar-refractivity contribution in [3.8, 4) is 0 Å². The molecule has 0 bridgehead atoms. The van der Waals surface area contributed by atoms with Crippen molar-refractivity contribution < 1.29 is 9.53 Å². The highest BCUT2D eigenvalue weighted by atomic mass is 79.9. The molecule has 0 spiro atoms. The van der Waals surface area contributed by atoms with Crippen molar-refractivity contribution in [2.24, 2.45) is 0 Å². The Morgan fingerprint density at radius 1 is 1.65 bits per heavy atom. The van der Waals surface area contributed by atoms with Crippen molar-refractivity contribution in [1.29, 1.82) is 0 Å². The number of aryl methyl sites for hydroxylation is 1. The Bertz CT molecular complexity index is 402. The fourth-order valence-electron chi connectivity index (χ4n) is 1.87. The highest BCUT2D eigenvalue weighted by Crippen LogP contribution is 2.24. The number of nitrogens with one attached hydrogen (secondary N) is 1. The molecule has 0 unspecified atom stereocenters. The highest BCUT2D eigenvalue weighted by molar-refractivity contribution is 9.09. The Labute approximate surface area is 113 Å². The molecule has 1 saturated heterocycles. The molecule has 2 heterocycles. The molecule has 94 valence electrons. The van der Waals surface area contributed by atoms with Gasteiger partial charge in [-0.25, -0.2) is 4.98 Å². The van der Waals surface area contributed by atoms with Crippen LogP contribution in [0.1, 0.15) is 28.2 Å². The van der Waals surface area contributed by atoms with Crippen LogP contribution in [0, 0.1) is 6.92 Å². The predicted octanol–water partition coefficient (Wildman–Crippen LogP) is 2.13. The van der Waals surface area contributed by atoms with Gasteiger partial charge in [-0.2, -0.15) is 0 Å². The molecular formula is C11H15BrN2O2S. The summed E-state index contributed by atoms with van der Waals surface area (Å²) in [6.07, 6.45) is 1.70. The van der Waals surface area contributed by atoms with Crippen LogP contribution >= 0.6 is 27.3 Å². The number of ether oxygens (including phenoxy) is 1. The summed E-state index contributed by atoms with van der Waals surface area (Å²) in [5.74, 6) is -0.0219. The van der Waals surface area contributed by atoms with E-state index in [1.807, 2.05) is 6.92 Å². The maximum Gasteiger partial charge on any atom is 0.263 e. The normalized spacial score (nSPS) is 18.9. The van der Waals surface area contributed by atoms with Crippen molar-refractivity contribution in [3.05, 3.63) is 16.1 Å². The predicted molar refractivity (Wildman–Crippen MR) is 70.9 cm³/mol. The lowest BCUT2D eigenvalue weighted by Gasteiger charge is -2.36. The third-order valence-corrected chi connectivity index (χ3v) is 5.04. The zero-order valence-electron chi connectivity index (χ0n) is 9.66. The molecule has 4 nitrogen and oxygen atoms in total. The smallest absolute Gasteiger partial charge is 0.263 e. The van der Waals surface area contributed by atoms with Crippen LogP contribution in [0.15, 0.2) is 5.51 Å². The molecule has 6 heteroatoms. The number of hydrogen-bond donors (Lipinski definition) is 1. The molecule has 1 aliphatic rings. The Kier molecular flexibility index (Phi) is 4.17. The number of carbonyl (C=O) groups is 1. The number of rotatable bonds is 3. The van der Waals surface area contributed by atoms with Gasteiger partial charge in [0.15, 0.2) is 0 Å². The maximum absolute atomic E-state index is 12.2. The molecule has 1 aliphatic heterocycles. The molecule has 1 aromatic rings. The third-order valence-electron chi connectivity index (χ3n) is 3.04. The van der Waals surface area contributed by atoms with Crippen molar-refractivity contribution in [2.75, 3.05) is 18.5 Å². The first kappa shape index (κ1) is 13.0. The van der Waals surface area contributed by atoms with E-state index in [1.165, 1.54) is 11.3 Å². The topological polar surface area (TPSA) is 51.2 Å². The number of nitrogens with zero attached hydrogens (tertiary/aromatic N) is 1. The molecule has 1 fully saturated rings. The second-order valence-electron chi connectivity index (χ2n) is 4.25. The fourth-order valence-corrected chi connectivity index (χ4v) is 3.27. The summed E-state index contributed by atoms with van der Waals surface area (Å²) in [5, 5.41) is 3.89. The van der Waals surface area contributed by atoms with E-state index in [1.54, 1.807) is 5.51 Å². The van der Waals surface area contributed by atoms with E-state index in [0.717, 1.165) is 23.9 Å². The highest BCUT2D eigenvalue weighted by Gasteiger charge is 2.33. The van der Waals surface area contributed by atoms with Gasteiger partial charge in [0.2, 0.25) is 0 Å². The molecule has 0 saturated carbocycles. The zero-order chi connectivity index (χ0) is 12.3. The number of aromatic nitrogens is 1. The molecule has 1 amide bonds. The van der Waals surface area contributed by atoms with Crippen molar-refractivity contribution in [1.82, 2.24) is 10.3 Å². The van der Waals surface area contributed by atoms with Crippen LogP contribution in [-0.2, 0) is 4.74 Å². The van der Waals surface area contributed by atoms with E-state index >= 15 is 0 Å². The van der Waals surface area contributed by atoms with Crippen molar-refractivity contribution in [3.63, 3.8) is 0 Å². The van der Waals surface area contributed by atoms with Crippen LogP contribution in [0.25, 0.3) is 0 Å². The summed E-state index contributed by atoms with van der Waals surface area (Å²) < 4.78 is 5.34. The molecule has 1 aromatic heterocycles. The maximum atomic E-state index is 12.2. The number of carbonyl (C=O) groups excluding carboxylic acids is 1. The van der Waals surface area contributed by atoms with Crippen LogP contribution in [-0.4, -0.2) is 35.0 Å². The first-order valence-electron chi connectivity index (χ1n) is 5.53. The van der Waals surface area contributed by atoms with Crippen molar-refractivity contribution in [2.45, 2.75) is 25.3 Å². The Balaban J connectivity index is 2.08. The average Bonchev–Trinajstić information content (AvgIpc) is 2.77. The summed E-state index contributed by atoms with van der Waals surface area (Å²) in [6.45, 7) is 3.26. The summed E-state index contributed by atoms with van der Waals surface area (Å²) in [4.78, 5) is 17.0. The first-order chi connectivity index (χ1) is 8.17. The molecule has 0 aromatic carbocycles. The minimum absolute atomic E-state index is 0.0219. The molecule has 2 rings (SSSR count). The van der Waals surface area contributed by atoms with E-state index < -0.39 is 0 Å². The molecule has 1 N–H and O–H groups in total. The summed E-state index contributed by atoms with van der Waals surface area (Å²) >= 11 is 4.88. The number of halogens is 1. The van der Waals surface area contributed by atoms with Crippen LogP contribution in [0.4, 0.5) is 0 Å². The Morgan fingerprint density at radius 3 is 2.88 bits per heavy atom. The minimum Gasteiger partial charge on any atom is -0.381 e. The molecule has 0 aliphatic carbocycles. The van der Waals surface area contributed by atoms with Gasteiger partial charge in [-0.3, -0.25) is 4.79 Å². The van der Waals surface area contributed by atoms with Gasteiger partial charge in [-0.15, -0.1) is 11.3 Å². The summed E-state index contributed by atoms with van der Waals surface area (Å²) in [7, 11) is 0. The van der Waals surface area contributed by atoms with Gasteiger partial charge in [0, 0.05) is 18.5 Å². The number of thiazole rings is 1. The van der Waals surface area contributed by atoms with E-state index in [-0.39, 0.29) is 11.4 Å². The molecule has 0 atom stereocenters. The summed E-state index contributed by atoms with van der Waals surface area (Å²) in [6, 6.07) is 0. The first-order valence-corrected chi connectivity index (χ1v) is 7.53. The Hall–Kier alpha value is -0.460. The van der Waals surface area contributed by atoms with Crippen LogP contribution < -0.4 is 5.32 Å². The lowest BCUT2D eigenvalue weighted by molar-refractivity contribution is 0.0443. The summed E-state index contributed by atoms with van der Waals surface area (Å²) in [5.41, 5.74) is 2.32. The van der Waals surface area contributed by atoms with E-state index in [2.05, 4.69) is 26.2 Å². The van der Waals surface area contributed by atoms with Gasteiger partial charge in [-0.1, -0.05) is 15.9 Å². The van der Waals surface area contributed by atoms with Gasteiger partial charge in [0.05, 0.1) is 16.7 Å². The van der Waals surface area contributed by atoms with E-state index in [4.69, 9.17) is 4.74 Å². The van der Waals surface area contributed by atoms with Gasteiger partial charge in [0.1, 0.15) is 4.88 Å². The van der Waals surface area contributed by atoms with Crippen LogP contribution in [0.2, 0.25) is 0 Å². The number of amides is 1.